The lowest BCUT2D eigenvalue weighted by atomic mass is 10.1. The number of rotatable bonds is 5. The number of nitrogens with two attached hydrogens (primary N) is 1. The minimum Gasteiger partial charge on any atom is -0.399 e. The SMILES string of the molecule is Nc1ccc([N+](=O)[O-])c(C(=O)NCCc2nccs2)c1. The van der Waals surface area contributed by atoms with Crippen LogP contribution in [0.5, 0.6) is 0 Å². The van der Waals surface area contributed by atoms with E-state index >= 15 is 0 Å². The van der Waals surface area contributed by atoms with E-state index in [0.29, 0.717) is 18.7 Å². The third-order valence-electron chi connectivity index (χ3n) is 2.57. The van der Waals surface area contributed by atoms with Gasteiger partial charge in [-0.15, -0.1) is 11.3 Å². The molecule has 0 aliphatic rings. The van der Waals surface area contributed by atoms with Crippen LogP contribution in [-0.4, -0.2) is 22.4 Å². The summed E-state index contributed by atoms with van der Waals surface area (Å²) in [7, 11) is 0. The molecule has 104 valence electrons. The molecule has 0 aliphatic heterocycles. The summed E-state index contributed by atoms with van der Waals surface area (Å²) in [6.45, 7) is 0.359. The molecule has 0 saturated heterocycles. The molecule has 7 nitrogen and oxygen atoms in total. The fourth-order valence-electron chi connectivity index (χ4n) is 1.65. The Hall–Kier alpha value is -2.48. The summed E-state index contributed by atoms with van der Waals surface area (Å²) in [5.74, 6) is -0.513. The number of hydrogen-bond acceptors (Lipinski definition) is 6. The summed E-state index contributed by atoms with van der Waals surface area (Å²) in [4.78, 5) is 26.3. The van der Waals surface area contributed by atoms with Gasteiger partial charge in [0, 0.05) is 36.3 Å². The number of thiazole rings is 1. The van der Waals surface area contributed by atoms with Crippen molar-refractivity contribution in [2.75, 3.05) is 12.3 Å². The minimum absolute atomic E-state index is 0.0332. The molecule has 0 unspecified atom stereocenters. The van der Waals surface area contributed by atoms with Crippen molar-refractivity contribution in [3.05, 3.63) is 50.5 Å². The Morgan fingerprint density at radius 1 is 1.50 bits per heavy atom. The normalized spacial score (nSPS) is 10.2. The van der Waals surface area contributed by atoms with Gasteiger partial charge in [0.15, 0.2) is 0 Å². The molecule has 1 heterocycles. The molecule has 0 atom stereocenters. The van der Waals surface area contributed by atoms with Gasteiger partial charge in [-0.2, -0.15) is 0 Å². The first-order valence-electron chi connectivity index (χ1n) is 5.78. The number of anilines is 1. The topological polar surface area (TPSA) is 111 Å². The number of aromatic nitrogens is 1. The number of nitro groups is 1. The van der Waals surface area contributed by atoms with Crippen molar-refractivity contribution in [1.82, 2.24) is 10.3 Å². The van der Waals surface area contributed by atoms with Crippen molar-refractivity contribution in [2.24, 2.45) is 0 Å². The van der Waals surface area contributed by atoms with E-state index in [1.807, 2.05) is 5.38 Å². The van der Waals surface area contributed by atoms with Gasteiger partial charge in [0.25, 0.3) is 11.6 Å². The molecule has 20 heavy (non-hydrogen) atoms. The van der Waals surface area contributed by atoms with E-state index in [1.54, 1.807) is 6.20 Å². The Labute approximate surface area is 118 Å². The highest BCUT2D eigenvalue weighted by atomic mass is 32.1. The molecule has 0 radical (unpaired) electrons. The van der Waals surface area contributed by atoms with Crippen LogP contribution in [0.15, 0.2) is 29.8 Å². The smallest absolute Gasteiger partial charge is 0.282 e. The number of amides is 1. The summed E-state index contributed by atoms with van der Waals surface area (Å²) < 4.78 is 0. The van der Waals surface area contributed by atoms with Crippen LogP contribution in [0.4, 0.5) is 11.4 Å². The lowest BCUT2D eigenvalue weighted by Crippen LogP contribution is -2.26. The zero-order chi connectivity index (χ0) is 14.5. The largest absolute Gasteiger partial charge is 0.399 e. The standard InChI is InChI=1S/C12H12N4O3S/c13-8-1-2-10(16(18)19)9(7-8)12(17)15-4-3-11-14-5-6-20-11/h1-2,5-7H,3-4,13H2,(H,15,17). The lowest BCUT2D eigenvalue weighted by molar-refractivity contribution is -0.385. The first kappa shape index (κ1) is 13.9. The molecule has 1 aromatic heterocycles. The number of nitrogens with zero attached hydrogens (tertiary/aromatic N) is 2. The number of hydrogen-bond donors (Lipinski definition) is 2. The van der Waals surface area contributed by atoms with Crippen LogP contribution in [-0.2, 0) is 6.42 Å². The third-order valence-corrected chi connectivity index (χ3v) is 3.41. The highest BCUT2D eigenvalue weighted by Crippen LogP contribution is 2.21. The van der Waals surface area contributed by atoms with Crippen LogP contribution in [0, 0.1) is 10.1 Å². The molecule has 1 aromatic carbocycles. The molecule has 0 spiro atoms. The van der Waals surface area contributed by atoms with Crippen molar-refractivity contribution in [3.63, 3.8) is 0 Å². The summed E-state index contributed by atoms with van der Waals surface area (Å²) >= 11 is 1.49. The van der Waals surface area contributed by atoms with E-state index in [1.165, 1.54) is 29.5 Å². The monoisotopic (exact) mass is 292 g/mol. The number of benzene rings is 1. The maximum atomic E-state index is 12.0. The van der Waals surface area contributed by atoms with Crippen molar-refractivity contribution >= 4 is 28.6 Å². The molecule has 0 fully saturated rings. The second-order valence-corrected chi connectivity index (χ2v) is 4.94. The summed E-state index contributed by atoms with van der Waals surface area (Å²) in [6, 6.07) is 3.92. The fourth-order valence-corrected chi connectivity index (χ4v) is 2.27. The molecule has 3 N–H and O–H groups in total. The Balaban J connectivity index is 2.05. The number of nitro benzene ring substituents is 1. The van der Waals surface area contributed by atoms with E-state index in [2.05, 4.69) is 10.3 Å². The van der Waals surface area contributed by atoms with Crippen molar-refractivity contribution < 1.29 is 9.72 Å². The Morgan fingerprint density at radius 3 is 2.95 bits per heavy atom. The number of nitrogens with one attached hydrogen (secondary N) is 1. The van der Waals surface area contributed by atoms with Crippen molar-refractivity contribution in [3.8, 4) is 0 Å². The van der Waals surface area contributed by atoms with Gasteiger partial charge < -0.3 is 11.1 Å². The second kappa shape index (κ2) is 6.11. The van der Waals surface area contributed by atoms with Crippen molar-refractivity contribution in [1.29, 1.82) is 0 Å². The van der Waals surface area contributed by atoms with Crippen LogP contribution in [0.3, 0.4) is 0 Å². The molecule has 0 aliphatic carbocycles. The molecule has 2 aromatic rings. The highest BCUT2D eigenvalue weighted by Gasteiger charge is 2.19. The summed E-state index contributed by atoms with van der Waals surface area (Å²) in [5.41, 5.74) is 5.57. The minimum atomic E-state index is -0.602. The van der Waals surface area contributed by atoms with Gasteiger partial charge in [0.2, 0.25) is 0 Å². The number of carbonyl (C=O) groups excluding carboxylic acids is 1. The van der Waals surface area contributed by atoms with Gasteiger partial charge in [0.05, 0.1) is 9.93 Å². The molecule has 0 bridgehead atoms. The maximum absolute atomic E-state index is 12.0. The molecule has 2 rings (SSSR count). The van der Waals surface area contributed by atoms with Crippen LogP contribution in [0.2, 0.25) is 0 Å². The van der Waals surface area contributed by atoms with E-state index in [0.717, 1.165) is 5.01 Å². The third kappa shape index (κ3) is 3.29. The van der Waals surface area contributed by atoms with E-state index < -0.39 is 10.8 Å². The fraction of sp³-hybridized carbons (Fsp3) is 0.167. The van der Waals surface area contributed by atoms with Gasteiger partial charge in [-0.25, -0.2) is 4.98 Å². The Bertz CT molecular complexity index is 628. The quantitative estimate of drug-likeness (QED) is 0.494. The van der Waals surface area contributed by atoms with Crippen molar-refractivity contribution in [2.45, 2.75) is 6.42 Å². The number of carbonyl (C=O) groups is 1. The van der Waals surface area contributed by atoms with Gasteiger partial charge in [-0.05, 0) is 12.1 Å². The van der Waals surface area contributed by atoms with Crippen LogP contribution in [0.25, 0.3) is 0 Å². The lowest BCUT2D eigenvalue weighted by Gasteiger charge is -2.05. The molecule has 0 saturated carbocycles. The predicted octanol–water partition coefficient (Wildman–Crippen LogP) is 1.61. The van der Waals surface area contributed by atoms with Gasteiger partial charge in [-0.1, -0.05) is 0 Å². The van der Waals surface area contributed by atoms with E-state index in [4.69, 9.17) is 5.73 Å². The van der Waals surface area contributed by atoms with Gasteiger partial charge in [-0.3, -0.25) is 14.9 Å². The molecule has 1 amide bonds. The Morgan fingerprint density at radius 2 is 2.30 bits per heavy atom. The van der Waals surface area contributed by atoms with E-state index in [9.17, 15) is 14.9 Å². The summed E-state index contributed by atoms with van der Waals surface area (Å²) in [6.07, 6.45) is 2.27. The average Bonchev–Trinajstić information content (AvgIpc) is 2.91. The number of nitrogen functional groups attached to an aromatic ring is 1. The maximum Gasteiger partial charge on any atom is 0.282 e. The first-order chi connectivity index (χ1) is 9.58. The van der Waals surface area contributed by atoms with Gasteiger partial charge in [0.1, 0.15) is 5.56 Å². The molecular formula is C12H12N4O3S. The van der Waals surface area contributed by atoms with Crippen LogP contribution in [0.1, 0.15) is 15.4 Å². The van der Waals surface area contributed by atoms with Crippen LogP contribution < -0.4 is 11.1 Å². The summed E-state index contributed by atoms with van der Waals surface area (Å²) in [5, 5.41) is 16.2. The zero-order valence-electron chi connectivity index (χ0n) is 10.4. The second-order valence-electron chi connectivity index (χ2n) is 3.97. The first-order valence-corrected chi connectivity index (χ1v) is 6.66. The van der Waals surface area contributed by atoms with Crippen LogP contribution >= 0.6 is 11.3 Å². The average molecular weight is 292 g/mol. The van der Waals surface area contributed by atoms with Gasteiger partial charge >= 0.3 is 0 Å². The highest BCUT2D eigenvalue weighted by molar-refractivity contribution is 7.09. The van der Waals surface area contributed by atoms with E-state index in [-0.39, 0.29) is 11.3 Å². The Kier molecular flexibility index (Phi) is 4.26. The predicted molar refractivity (Wildman–Crippen MR) is 75.7 cm³/mol. The molecular weight excluding hydrogens is 280 g/mol. The zero-order valence-corrected chi connectivity index (χ0v) is 11.2. The molecule has 8 heteroatoms.